The summed E-state index contributed by atoms with van der Waals surface area (Å²) in [5.74, 6) is -0.708. The summed E-state index contributed by atoms with van der Waals surface area (Å²) < 4.78 is 11.3. The van der Waals surface area contributed by atoms with E-state index in [2.05, 4.69) is 0 Å². The molecule has 1 unspecified atom stereocenters. The molecule has 24 heavy (non-hydrogen) atoms. The fourth-order valence-electron chi connectivity index (χ4n) is 2.95. The number of rotatable bonds is 12. The first-order valence-corrected chi connectivity index (χ1v) is 9.29. The number of hydrogen-bond donors (Lipinski definition) is 3. The number of carboxylic acid groups (broad SMARTS) is 1. The molecule has 0 aromatic heterocycles. The molecular formula is C18H34O6. The molecule has 1 rings (SSSR count). The van der Waals surface area contributed by atoms with E-state index >= 15 is 0 Å². The van der Waals surface area contributed by atoms with Crippen molar-refractivity contribution in [2.75, 3.05) is 0 Å². The average Bonchev–Trinajstić information content (AvgIpc) is 2.50. The topological polar surface area (TPSA) is 96.2 Å². The Labute approximate surface area is 145 Å². The van der Waals surface area contributed by atoms with Crippen molar-refractivity contribution in [3.63, 3.8) is 0 Å². The van der Waals surface area contributed by atoms with E-state index in [9.17, 15) is 15.0 Å². The highest BCUT2D eigenvalue weighted by atomic mass is 16.7. The summed E-state index contributed by atoms with van der Waals surface area (Å²) >= 11 is 0. The van der Waals surface area contributed by atoms with Gasteiger partial charge < -0.3 is 24.8 Å². The van der Waals surface area contributed by atoms with Crippen molar-refractivity contribution in [2.45, 2.75) is 109 Å². The maximum absolute atomic E-state index is 10.4. The minimum absolute atomic E-state index is 0.0164. The smallest absolute Gasteiger partial charge is 0.303 e. The van der Waals surface area contributed by atoms with Gasteiger partial charge in [-0.2, -0.15) is 0 Å². The fourth-order valence-corrected chi connectivity index (χ4v) is 2.95. The number of unbranched alkanes of at least 4 members (excludes halogenated alkanes) is 6. The second kappa shape index (κ2) is 11.8. The van der Waals surface area contributed by atoms with E-state index in [1.54, 1.807) is 6.92 Å². The van der Waals surface area contributed by atoms with Gasteiger partial charge in [0, 0.05) is 12.8 Å². The summed E-state index contributed by atoms with van der Waals surface area (Å²) in [5, 5.41) is 28.1. The maximum Gasteiger partial charge on any atom is 0.303 e. The molecule has 1 aliphatic heterocycles. The van der Waals surface area contributed by atoms with Crippen molar-refractivity contribution < 1.29 is 29.6 Å². The van der Waals surface area contributed by atoms with Crippen LogP contribution in [0.25, 0.3) is 0 Å². The molecule has 1 heterocycles. The monoisotopic (exact) mass is 346 g/mol. The molecule has 6 heteroatoms. The highest BCUT2D eigenvalue weighted by molar-refractivity contribution is 5.66. The van der Waals surface area contributed by atoms with Gasteiger partial charge in [-0.25, -0.2) is 0 Å². The average molecular weight is 346 g/mol. The van der Waals surface area contributed by atoms with Gasteiger partial charge in [-0.1, -0.05) is 38.5 Å². The van der Waals surface area contributed by atoms with Gasteiger partial charge in [0.2, 0.25) is 0 Å². The van der Waals surface area contributed by atoms with Crippen molar-refractivity contribution in [3.05, 3.63) is 0 Å². The SMILES string of the molecule is CC1O[C@@H](O[C@H](C)CCCCCCCCCC(=O)O)[C@H](O)C[C@H]1O. The lowest BCUT2D eigenvalue weighted by molar-refractivity contribution is -0.273. The third kappa shape index (κ3) is 8.97. The van der Waals surface area contributed by atoms with Crippen LogP contribution in [-0.2, 0) is 14.3 Å². The zero-order chi connectivity index (χ0) is 17.9. The third-order valence-corrected chi connectivity index (χ3v) is 4.56. The van der Waals surface area contributed by atoms with Crippen LogP contribution in [0, 0.1) is 0 Å². The van der Waals surface area contributed by atoms with Crippen molar-refractivity contribution in [3.8, 4) is 0 Å². The Morgan fingerprint density at radius 3 is 2.29 bits per heavy atom. The van der Waals surface area contributed by atoms with E-state index in [-0.39, 0.29) is 18.6 Å². The zero-order valence-electron chi connectivity index (χ0n) is 15.0. The predicted molar refractivity (Wildman–Crippen MR) is 90.7 cm³/mol. The minimum atomic E-state index is -0.774. The Morgan fingerprint density at radius 1 is 1.08 bits per heavy atom. The fraction of sp³-hybridized carbons (Fsp3) is 0.944. The molecule has 5 atom stereocenters. The lowest BCUT2D eigenvalue weighted by atomic mass is 10.0. The van der Waals surface area contributed by atoms with Crippen LogP contribution in [0.15, 0.2) is 0 Å². The van der Waals surface area contributed by atoms with Crippen LogP contribution < -0.4 is 0 Å². The molecule has 6 nitrogen and oxygen atoms in total. The summed E-state index contributed by atoms with van der Waals surface area (Å²) in [6.07, 6.45) is 6.51. The van der Waals surface area contributed by atoms with Gasteiger partial charge in [0.25, 0.3) is 0 Å². The molecule has 1 aliphatic rings. The van der Waals surface area contributed by atoms with Gasteiger partial charge >= 0.3 is 5.97 Å². The first kappa shape index (κ1) is 21.4. The zero-order valence-corrected chi connectivity index (χ0v) is 15.0. The number of ether oxygens (including phenoxy) is 2. The summed E-state index contributed by atoms with van der Waals surface area (Å²) in [6.45, 7) is 3.77. The second-order valence-corrected chi connectivity index (χ2v) is 6.93. The molecule has 0 radical (unpaired) electrons. The molecule has 0 bridgehead atoms. The van der Waals surface area contributed by atoms with E-state index in [4.69, 9.17) is 14.6 Å². The number of aliphatic hydroxyl groups excluding tert-OH is 2. The first-order valence-electron chi connectivity index (χ1n) is 9.29. The lowest BCUT2D eigenvalue weighted by Gasteiger charge is -2.36. The van der Waals surface area contributed by atoms with Crippen molar-refractivity contribution >= 4 is 5.97 Å². The van der Waals surface area contributed by atoms with E-state index in [0.717, 1.165) is 51.4 Å². The van der Waals surface area contributed by atoms with Crippen LogP contribution >= 0.6 is 0 Å². The van der Waals surface area contributed by atoms with E-state index in [1.165, 1.54) is 0 Å². The van der Waals surface area contributed by atoms with Gasteiger partial charge in [-0.3, -0.25) is 4.79 Å². The summed E-state index contributed by atoms with van der Waals surface area (Å²) in [4.78, 5) is 10.4. The van der Waals surface area contributed by atoms with Crippen LogP contribution in [0.1, 0.15) is 78.1 Å². The second-order valence-electron chi connectivity index (χ2n) is 6.93. The van der Waals surface area contributed by atoms with Crippen LogP contribution in [0.2, 0.25) is 0 Å². The third-order valence-electron chi connectivity index (χ3n) is 4.56. The number of carbonyl (C=O) groups is 1. The van der Waals surface area contributed by atoms with Gasteiger partial charge in [-0.05, 0) is 26.7 Å². The number of carboxylic acids is 1. The highest BCUT2D eigenvalue weighted by Crippen LogP contribution is 2.23. The standard InChI is InChI=1S/C18H34O6/c1-13(23-18-16(20)12-15(19)14(2)24-18)10-8-6-4-3-5-7-9-11-17(21)22/h13-16,18-20H,3-12H2,1-2H3,(H,21,22)/t13-,14?,15-,16-,18-/m1/s1. The normalized spacial score (nSPS) is 28.7. The van der Waals surface area contributed by atoms with Crippen LogP contribution in [0.4, 0.5) is 0 Å². The molecule has 0 aromatic rings. The Bertz CT molecular complexity index is 348. The summed E-state index contributed by atoms with van der Waals surface area (Å²) in [7, 11) is 0. The van der Waals surface area contributed by atoms with Gasteiger partial charge in [0.1, 0.15) is 6.10 Å². The first-order chi connectivity index (χ1) is 11.4. The molecular weight excluding hydrogens is 312 g/mol. The Morgan fingerprint density at radius 2 is 1.67 bits per heavy atom. The van der Waals surface area contributed by atoms with Crippen LogP contribution in [0.5, 0.6) is 0 Å². The maximum atomic E-state index is 10.4. The summed E-state index contributed by atoms with van der Waals surface area (Å²) in [5.41, 5.74) is 0. The Kier molecular flexibility index (Phi) is 10.5. The highest BCUT2D eigenvalue weighted by Gasteiger charge is 2.35. The molecule has 3 N–H and O–H groups in total. The van der Waals surface area contributed by atoms with Crippen molar-refractivity contribution in [1.29, 1.82) is 0 Å². The van der Waals surface area contributed by atoms with Crippen LogP contribution in [0.3, 0.4) is 0 Å². The van der Waals surface area contributed by atoms with Crippen molar-refractivity contribution in [2.24, 2.45) is 0 Å². The minimum Gasteiger partial charge on any atom is -0.481 e. The largest absolute Gasteiger partial charge is 0.481 e. The molecule has 0 aliphatic carbocycles. The molecule has 0 aromatic carbocycles. The number of aliphatic hydroxyl groups is 2. The quantitative estimate of drug-likeness (QED) is 0.470. The molecule has 1 saturated heterocycles. The van der Waals surface area contributed by atoms with Gasteiger partial charge in [0.05, 0.1) is 18.3 Å². The summed E-state index contributed by atoms with van der Waals surface area (Å²) in [6, 6.07) is 0. The Hall–Kier alpha value is -0.690. The van der Waals surface area contributed by atoms with E-state index < -0.39 is 24.5 Å². The van der Waals surface area contributed by atoms with E-state index in [1.807, 2.05) is 6.92 Å². The Balaban J connectivity index is 2.00. The molecule has 0 amide bonds. The van der Waals surface area contributed by atoms with E-state index in [0.29, 0.717) is 6.42 Å². The lowest BCUT2D eigenvalue weighted by Crippen LogP contribution is -2.48. The molecule has 0 spiro atoms. The van der Waals surface area contributed by atoms with Gasteiger partial charge in [0.15, 0.2) is 6.29 Å². The predicted octanol–water partition coefficient (Wildman–Crippen LogP) is 2.84. The van der Waals surface area contributed by atoms with Crippen LogP contribution in [-0.4, -0.2) is 52.0 Å². The van der Waals surface area contributed by atoms with Crippen molar-refractivity contribution in [1.82, 2.24) is 0 Å². The molecule has 1 fully saturated rings. The number of hydrogen-bond acceptors (Lipinski definition) is 5. The number of aliphatic carboxylic acids is 1. The molecule has 142 valence electrons. The molecule has 0 saturated carbocycles. The van der Waals surface area contributed by atoms with Gasteiger partial charge in [-0.15, -0.1) is 0 Å².